The van der Waals surface area contributed by atoms with Crippen LogP contribution in [0.2, 0.25) is 0 Å². The van der Waals surface area contributed by atoms with Crippen LogP contribution in [-0.2, 0) is 0 Å². The van der Waals surface area contributed by atoms with Gasteiger partial charge in [-0.2, -0.15) is 11.8 Å². The van der Waals surface area contributed by atoms with Gasteiger partial charge in [0.15, 0.2) is 5.96 Å². The summed E-state index contributed by atoms with van der Waals surface area (Å²) in [4.78, 5) is 4.71. The summed E-state index contributed by atoms with van der Waals surface area (Å²) in [7, 11) is 0. The highest BCUT2D eigenvalue weighted by Gasteiger charge is 2.14. The second-order valence-corrected chi connectivity index (χ2v) is 6.69. The Morgan fingerprint density at radius 2 is 2.37 bits per heavy atom. The van der Waals surface area contributed by atoms with Crippen LogP contribution >= 0.6 is 11.8 Å². The number of rotatable bonds is 6. The van der Waals surface area contributed by atoms with Crippen molar-refractivity contribution in [2.75, 3.05) is 25.4 Å². The molecule has 1 aliphatic carbocycles. The first-order valence-corrected chi connectivity index (χ1v) is 8.75. The quantitative estimate of drug-likeness (QED) is 0.446. The van der Waals surface area contributed by atoms with Crippen molar-refractivity contribution in [1.82, 2.24) is 10.6 Å². The van der Waals surface area contributed by atoms with Crippen molar-refractivity contribution in [2.45, 2.75) is 50.7 Å². The molecule has 2 N–H and O–H groups in total. The van der Waals surface area contributed by atoms with Gasteiger partial charge in [-0.15, -0.1) is 0 Å². The van der Waals surface area contributed by atoms with E-state index in [4.69, 9.17) is 4.99 Å². The number of hydrogen-bond donors (Lipinski definition) is 2. The van der Waals surface area contributed by atoms with Gasteiger partial charge in [0.1, 0.15) is 0 Å². The summed E-state index contributed by atoms with van der Waals surface area (Å²) in [6.45, 7) is 5.03. The fourth-order valence-corrected chi connectivity index (χ4v) is 3.81. The van der Waals surface area contributed by atoms with Gasteiger partial charge in [-0.3, -0.25) is 4.99 Å². The second-order valence-electron chi connectivity index (χ2n) is 5.29. The Morgan fingerprint density at radius 3 is 3.05 bits per heavy atom. The van der Waals surface area contributed by atoms with E-state index < -0.39 is 0 Å². The summed E-state index contributed by atoms with van der Waals surface area (Å²) in [5.41, 5.74) is 1.62. The molecule has 1 saturated heterocycles. The Hall–Kier alpha value is -0.640. The largest absolute Gasteiger partial charge is 0.357 e. The van der Waals surface area contributed by atoms with E-state index >= 15 is 0 Å². The van der Waals surface area contributed by atoms with Gasteiger partial charge in [-0.25, -0.2) is 0 Å². The monoisotopic (exact) mass is 281 g/mol. The average Bonchev–Trinajstić information content (AvgIpc) is 3.09. The number of thioether (sulfide) groups is 1. The van der Waals surface area contributed by atoms with Crippen molar-refractivity contribution in [2.24, 2.45) is 4.99 Å². The molecule has 0 bridgehead atoms. The van der Waals surface area contributed by atoms with Crippen molar-refractivity contribution >= 4 is 17.7 Å². The topological polar surface area (TPSA) is 36.4 Å². The van der Waals surface area contributed by atoms with Crippen molar-refractivity contribution in [3.8, 4) is 0 Å². The van der Waals surface area contributed by atoms with Gasteiger partial charge in [-0.1, -0.05) is 11.6 Å². The molecule has 0 aromatic rings. The molecule has 0 aromatic carbocycles. The van der Waals surface area contributed by atoms with E-state index in [1.54, 1.807) is 5.57 Å². The molecule has 4 heteroatoms. The second kappa shape index (κ2) is 8.51. The third-order valence-corrected chi connectivity index (χ3v) is 5.08. The number of nitrogens with zero attached hydrogens (tertiary/aromatic N) is 1. The highest BCUT2D eigenvalue weighted by molar-refractivity contribution is 8.00. The molecule has 1 fully saturated rings. The molecule has 2 rings (SSSR count). The Kier molecular flexibility index (Phi) is 6.62. The Morgan fingerprint density at radius 1 is 1.42 bits per heavy atom. The van der Waals surface area contributed by atoms with Gasteiger partial charge in [0.25, 0.3) is 0 Å². The lowest BCUT2D eigenvalue weighted by Crippen LogP contribution is -2.38. The van der Waals surface area contributed by atoms with E-state index in [1.165, 1.54) is 44.3 Å². The van der Waals surface area contributed by atoms with Gasteiger partial charge in [0.2, 0.25) is 0 Å². The maximum Gasteiger partial charge on any atom is 0.191 e. The number of guanidine groups is 1. The molecule has 0 radical (unpaired) electrons. The third kappa shape index (κ3) is 5.47. The van der Waals surface area contributed by atoms with E-state index in [0.29, 0.717) is 0 Å². The van der Waals surface area contributed by atoms with Crippen LogP contribution in [0.25, 0.3) is 0 Å². The number of hydrogen-bond acceptors (Lipinski definition) is 2. The number of allylic oxidation sites excluding steroid dienone is 1. The van der Waals surface area contributed by atoms with Crippen LogP contribution in [0.15, 0.2) is 16.6 Å². The van der Waals surface area contributed by atoms with Crippen LogP contribution in [-0.4, -0.2) is 36.6 Å². The van der Waals surface area contributed by atoms with Gasteiger partial charge in [0, 0.05) is 18.3 Å². The smallest absolute Gasteiger partial charge is 0.191 e. The minimum absolute atomic E-state index is 0.744. The molecule has 1 aliphatic heterocycles. The fraction of sp³-hybridized carbons (Fsp3) is 0.800. The Labute approximate surface area is 121 Å². The van der Waals surface area contributed by atoms with E-state index in [0.717, 1.165) is 30.8 Å². The van der Waals surface area contributed by atoms with Crippen LogP contribution in [0.4, 0.5) is 0 Å². The van der Waals surface area contributed by atoms with Crippen molar-refractivity contribution in [1.29, 1.82) is 0 Å². The highest BCUT2D eigenvalue weighted by atomic mass is 32.2. The first-order chi connectivity index (χ1) is 9.38. The first kappa shape index (κ1) is 14.8. The molecule has 1 heterocycles. The number of aliphatic imine (C=N–C) groups is 1. The third-order valence-electron chi connectivity index (χ3n) is 3.69. The molecule has 0 saturated carbocycles. The van der Waals surface area contributed by atoms with E-state index in [2.05, 4.69) is 35.4 Å². The molecule has 0 spiro atoms. The summed E-state index contributed by atoms with van der Waals surface area (Å²) in [6, 6.07) is 0. The molecule has 108 valence electrons. The minimum atomic E-state index is 0.744. The van der Waals surface area contributed by atoms with Crippen molar-refractivity contribution in [3.05, 3.63) is 11.6 Å². The number of nitrogens with one attached hydrogen (secondary N) is 2. The van der Waals surface area contributed by atoms with Crippen LogP contribution < -0.4 is 10.6 Å². The van der Waals surface area contributed by atoms with Gasteiger partial charge in [-0.05, 0) is 51.2 Å². The molecule has 2 aliphatic rings. The van der Waals surface area contributed by atoms with Crippen molar-refractivity contribution < 1.29 is 0 Å². The predicted octanol–water partition coefficient (Wildman–Crippen LogP) is 2.94. The summed E-state index contributed by atoms with van der Waals surface area (Å²) < 4.78 is 0. The molecule has 19 heavy (non-hydrogen) atoms. The molecule has 0 aromatic heterocycles. The summed E-state index contributed by atoms with van der Waals surface area (Å²) >= 11 is 2.07. The molecule has 0 amide bonds. The van der Waals surface area contributed by atoms with E-state index in [9.17, 15) is 0 Å². The lowest BCUT2D eigenvalue weighted by atomic mass is 10.2. The van der Waals surface area contributed by atoms with E-state index in [-0.39, 0.29) is 0 Å². The molecule has 1 unspecified atom stereocenters. The zero-order valence-electron chi connectivity index (χ0n) is 12.1. The van der Waals surface area contributed by atoms with Gasteiger partial charge >= 0.3 is 0 Å². The highest BCUT2D eigenvalue weighted by Crippen LogP contribution is 2.26. The minimum Gasteiger partial charge on any atom is -0.357 e. The molecule has 3 nitrogen and oxygen atoms in total. The van der Waals surface area contributed by atoms with Gasteiger partial charge < -0.3 is 10.6 Å². The summed E-state index contributed by atoms with van der Waals surface area (Å²) in [5.74, 6) is 2.31. The van der Waals surface area contributed by atoms with E-state index in [1.807, 2.05) is 0 Å². The Balaban J connectivity index is 1.69. The fourth-order valence-electron chi connectivity index (χ4n) is 2.63. The first-order valence-electron chi connectivity index (χ1n) is 7.70. The molecule has 1 atom stereocenters. The summed E-state index contributed by atoms with van der Waals surface area (Å²) in [6.07, 6.45) is 10.2. The standard InChI is InChI=1S/C15H27N3S/c1-2-16-15(18-12-14-8-5-11-19-14)17-10-9-13-6-3-4-7-13/h6,14H,2-5,7-12H2,1H3,(H2,16,17,18). The van der Waals surface area contributed by atoms with Crippen LogP contribution in [0, 0.1) is 0 Å². The normalized spacial score (nSPS) is 23.5. The van der Waals surface area contributed by atoms with Gasteiger partial charge in [0.05, 0.1) is 6.54 Å². The van der Waals surface area contributed by atoms with Crippen LogP contribution in [0.3, 0.4) is 0 Å². The maximum absolute atomic E-state index is 4.71. The van der Waals surface area contributed by atoms with Crippen LogP contribution in [0.5, 0.6) is 0 Å². The zero-order valence-corrected chi connectivity index (χ0v) is 12.9. The summed E-state index contributed by atoms with van der Waals surface area (Å²) in [5, 5.41) is 7.55. The van der Waals surface area contributed by atoms with Crippen molar-refractivity contribution in [3.63, 3.8) is 0 Å². The SMILES string of the molecule is CCNC(=NCC1CCCS1)NCCC1=CCCC1. The molecular weight excluding hydrogens is 254 g/mol. The lowest BCUT2D eigenvalue weighted by Gasteiger charge is -2.13. The predicted molar refractivity (Wildman–Crippen MR) is 86.0 cm³/mol. The Bertz CT molecular complexity index is 319. The molecular formula is C15H27N3S. The van der Waals surface area contributed by atoms with Crippen LogP contribution in [0.1, 0.15) is 45.4 Å². The lowest BCUT2D eigenvalue weighted by molar-refractivity contribution is 0.753. The zero-order chi connectivity index (χ0) is 13.3. The average molecular weight is 281 g/mol. The maximum atomic E-state index is 4.71.